The van der Waals surface area contributed by atoms with E-state index in [1.165, 1.54) is 0 Å². The largest absolute Gasteiger partial charge is 0.467 e. The van der Waals surface area contributed by atoms with Gasteiger partial charge in [-0.05, 0) is 24.6 Å². The standard InChI is InChI=1S/C13H13F2NO5/c1-21-12(18)10(16-13(19)20)4-5-11(17)7-2-3-8(14)9(15)6-7/h2-3,6,10,16H,4-5H2,1H3,(H,19,20). The van der Waals surface area contributed by atoms with Crippen LogP contribution in [0.3, 0.4) is 0 Å². The number of methoxy groups -OCH3 is 1. The minimum atomic E-state index is -1.44. The van der Waals surface area contributed by atoms with E-state index in [1.54, 1.807) is 0 Å². The first-order chi connectivity index (χ1) is 9.85. The van der Waals surface area contributed by atoms with Gasteiger partial charge in [-0.3, -0.25) is 4.79 Å². The molecule has 114 valence electrons. The average molecular weight is 301 g/mol. The number of benzene rings is 1. The summed E-state index contributed by atoms with van der Waals surface area (Å²) >= 11 is 0. The molecule has 0 heterocycles. The van der Waals surface area contributed by atoms with Gasteiger partial charge in [-0.1, -0.05) is 0 Å². The zero-order valence-electron chi connectivity index (χ0n) is 11.1. The molecule has 0 bridgehead atoms. The maximum Gasteiger partial charge on any atom is 0.405 e. The second-order valence-electron chi connectivity index (χ2n) is 4.12. The summed E-state index contributed by atoms with van der Waals surface area (Å²) in [5.74, 6) is -3.62. The van der Waals surface area contributed by atoms with Crippen LogP contribution in [0.15, 0.2) is 18.2 Å². The number of amides is 1. The summed E-state index contributed by atoms with van der Waals surface area (Å²) < 4.78 is 30.2. The number of hydrogen-bond donors (Lipinski definition) is 2. The summed E-state index contributed by atoms with van der Waals surface area (Å²) in [7, 11) is 1.08. The van der Waals surface area contributed by atoms with Gasteiger partial charge < -0.3 is 15.2 Å². The number of ketones is 1. The third kappa shape index (κ3) is 4.83. The lowest BCUT2D eigenvalue weighted by molar-refractivity contribution is -0.143. The summed E-state index contributed by atoms with van der Waals surface area (Å²) in [6.07, 6.45) is -1.83. The first-order valence-corrected chi connectivity index (χ1v) is 5.90. The van der Waals surface area contributed by atoms with E-state index in [9.17, 15) is 23.2 Å². The molecule has 1 rings (SSSR count). The molecule has 0 aromatic heterocycles. The molecule has 1 unspecified atom stereocenters. The molecule has 0 aliphatic heterocycles. The molecule has 8 heteroatoms. The van der Waals surface area contributed by atoms with Crippen LogP contribution in [0.2, 0.25) is 0 Å². The Labute approximate surface area is 118 Å². The number of hydrogen-bond acceptors (Lipinski definition) is 4. The van der Waals surface area contributed by atoms with Crippen LogP contribution < -0.4 is 5.32 Å². The van der Waals surface area contributed by atoms with Crippen LogP contribution >= 0.6 is 0 Å². The third-order valence-corrected chi connectivity index (χ3v) is 2.69. The number of carboxylic acid groups (broad SMARTS) is 1. The minimum absolute atomic E-state index is 0.0622. The quantitative estimate of drug-likeness (QED) is 0.616. The summed E-state index contributed by atoms with van der Waals surface area (Å²) in [6.45, 7) is 0. The number of carbonyl (C=O) groups excluding carboxylic acids is 2. The number of esters is 1. The van der Waals surface area contributed by atoms with Crippen LogP contribution in [0.4, 0.5) is 13.6 Å². The van der Waals surface area contributed by atoms with Gasteiger partial charge in [-0.15, -0.1) is 0 Å². The highest BCUT2D eigenvalue weighted by Crippen LogP contribution is 2.12. The SMILES string of the molecule is COC(=O)C(CCC(=O)c1ccc(F)c(F)c1)NC(=O)O. The molecule has 1 aromatic carbocycles. The second-order valence-corrected chi connectivity index (χ2v) is 4.12. The molecule has 21 heavy (non-hydrogen) atoms. The number of ether oxygens (including phenoxy) is 1. The van der Waals surface area contributed by atoms with E-state index in [4.69, 9.17) is 5.11 Å². The molecule has 0 fully saturated rings. The van der Waals surface area contributed by atoms with Crippen molar-refractivity contribution in [2.75, 3.05) is 7.11 Å². The molecule has 2 N–H and O–H groups in total. The van der Waals surface area contributed by atoms with Gasteiger partial charge in [-0.2, -0.15) is 0 Å². The van der Waals surface area contributed by atoms with E-state index < -0.39 is 35.5 Å². The monoisotopic (exact) mass is 301 g/mol. The predicted molar refractivity (Wildman–Crippen MR) is 66.9 cm³/mol. The van der Waals surface area contributed by atoms with Crippen molar-refractivity contribution < 1.29 is 33.0 Å². The fourth-order valence-electron chi connectivity index (χ4n) is 1.63. The van der Waals surface area contributed by atoms with Crippen molar-refractivity contribution in [3.05, 3.63) is 35.4 Å². The molecule has 1 aromatic rings. The van der Waals surface area contributed by atoms with E-state index in [1.807, 2.05) is 5.32 Å². The van der Waals surface area contributed by atoms with E-state index in [0.29, 0.717) is 0 Å². The average Bonchev–Trinajstić information content (AvgIpc) is 2.44. The van der Waals surface area contributed by atoms with Crippen LogP contribution in [0, 0.1) is 11.6 Å². The Balaban J connectivity index is 2.70. The molecule has 0 radical (unpaired) electrons. The van der Waals surface area contributed by atoms with Crippen LogP contribution in [0.1, 0.15) is 23.2 Å². The van der Waals surface area contributed by atoms with Crippen LogP contribution in [0.5, 0.6) is 0 Å². The Kier molecular flexibility index (Phi) is 5.77. The summed E-state index contributed by atoms with van der Waals surface area (Å²) in [5.41, 5.74) is -0.0622. The Morgan fingerprint density at radius 2 is 1.95 bits per heavy atom. The topological polar surface area (TPSA) is 92.7 Å². The lowest BCUT2D eigenvalue weighted by Crippen LogP contribution is -2.41. The van der Waals surface area contributed by atoms with Crippen molar-refractivity contribution in [1.29, 1.82) is 0 Å². The van der Waals surface area contributed by atoms with Gasteiger partial charge in [0.15, 0.2) is 17.4 Å². The molecule has 1 amide bonds. The highest BCUT2D eigenvalue weighted by molar-refractivity contribution is 5.96. The van der Waals surface area contributed by atoms with Crippen molar-refractivity contribution in [2.24, 2.45) is 0 Å². The van der Waals surface area contributed by atoms with Crippen LogP contribution in [-0.4, -0.2) is 36.1 Å². The van der Waals surface area contributed by atoms with Gasteiger partial charge in [0.1, 0.15) is 6.04 Å². The fourth-order valence-corrected chi connectivity index (χ4v) is 1.63. The smallest absolute Gasteiger partial charge is 0.405 e. The van der Waals surface area contributed by atoms with Crippen molar-refractivity contribution in [3.8, 4) is 0 Å². The number of rotatable bonds is 6. The molecule has 0 aliphatic rings. The number of nitrogens with one attached hydrogen (secondary N) is 1. The molecule has 0 saturated heterocycles. The lowest BCUT2D eigenvalue weighted by atomic mass is 10.0. The normalized spacial score (nSPS) is 11.6. The molecule has 1 atom stereocenters. The molecule has 0 aliphatic carbocycles. The van der Waals surface area contributed by atoms with Gasteiger partial charge in [0.2, 0.25) is 0 Å². The summed E-state index contributed by atoms with van der Waals surface area (Å²) in [5, 5.41) is 10.5. The molecule has 0 saturated carbocycles. The third-order valence-electron chi connectivity index (χ3n) is 2.69. The Hall–Kier alpha value is -2.51. The zero-order valence-corrected chi connectivity index (χ0v) is 11.1. The summed E-state index contributed by atoms with van der Waals surface area (Å²) in [4.78, 5) is 33.7. The van der Waals surface area contributed by atoms with Crippen LogP contribution in [-0.2, 0) is 9.53 Å². The predicted octanol–water partition coefficient (Wildman–Crippen LogP) is 1.74. The Morgan fingerprint density at radius 1 is 1.29 bits per heavy atom. The highest BCUT2D eigenvalue weighted by Gasteiger charge is 2.22. The first-order valence-electron chi connectivity index (χ1n) is 5.90. The maximum atomic E-state index is 13.0. The van der Waals surface area contributed by atoms with Gasteiger partial charge in [0.05, 0.1) is 7.11 Å². The van der Waals surface area contributed by atoms with Crippen molar-refractivity contribution in [3.63, 3.8) is 0 Å². The first kappa shape index (κ1) is 16.5. The van der Waals surface area contributed by atoms with E-state index >= 15 is 0 Å². The summed E-state index contributed by atoms with van der Waals surface area (Å²) in [6, 6.07) is 1.46. The lowest BCUT2D eigenvalue weighted by Gasteiger charge is -2.13. The van der Waals surface area contributed by atoms with E-state index in [0.717, 1.165) is 25.3 Å². The number of halogens is 2. The minimum Gasteiger partial charge on any atom is -0.467 e. The molecule has 6 nitrogen and oxygen atoms in total. The number of Topliss-reactive ketones (excluding diaryl/α,β-unsaturated/α-hetero) is 1. The van der Waals surface area contributed by atoms with Crippen molar-refractivity contribution >= 4 is 17.8 Å². The zero-order chi connectivity index (χ0) is 16.0. The van der Waals surface area contributed by atoms with Crippen molar-refractivity contribution in [2.45, 2.75) is 18.9 Å². The van der Waals surface area contributed by atoms with Crippen LogP contribution in [0.25, 0.3) is 0 Å². The number of carbonyl (C=O) groups is 3. The van der Waals surface area contributed by atoms with Gasteiger partial charge in [-0.25, -0.2) is 18.4 Å². The Morgan fingerprint density at radius 3 is 2.48 bits per heavy atom. The molecular formula is C13H13F2NO5. The molecular weight excluding hydrogens is 288 g/mol. The van der Waals surface area contributed by atoms with Crippen molar-refractivity contribution in [1.82, 2.24) is 5.32 Å². The van der Waals surface area contributed by atoms with Gasteiger partial charge >= 0.3 is 12.1 Å². The Bertz CT molecular complexity index is 561. The van der Waals surface area contributed by atoms with Gasteiger partial charge in [0, 0.05) is 12.0 Å². The highest BCUT2D eigenvalue weighted by atomic mass is 19.2. The molecule has 0 spiro atoms. The van der Waals surface area contributed by atoms with E-state index in [-0.39, 0.29) is 18.4 Å². The fraction of sp³-hybridized carbons (Fsp3) is 0.308. The van der Waals surface area contributed by atoms with Gasteiger partial charge in [0.25, 0.3) is 0 Å². The maximum absolute atomic E-state index is 13.0. The second kappa shape index (κ2) is 7.32. The van der Waals surface area contributed by atoms with E-state index in [2.05, 4.69) is 4.74 Å².